The maximum Gasteiger partial charge on any atom is 0.416 e. The number of rotatable bonds is 3. The lowest BCUT2D eigenvalue weighted by Gasteiger charge is -2.14. The van der Waals surface area contributed by atoms with E-state index in [1.54, 1.807) is 6.92 Å². The molecular weight excluding hydrogens is 307 g/mol. The molecule has 2 rings (SSSR count). The molecule has 1 heterocycles. The number of hydrogen-bond acceptors (Lipinski definition) is 3. The van der Waals surface area contributed by atoms with Crippen LogP contribution < -0.4 is 4.72 Å². The first-order valence-corrected chi connectivity index (χ1v) is 7.31. The second kappa shape index (κ2) is 5.06. The van der Waals surface area contributed by atoms with Gasteiger partial charge in [-0.3, -0.25) is 9.82 Å². The first-order chi connectivity index (χ1) is 9.63. The molecule has 5 nitrogen and oxygen atoms in total. The van der Waals surface area contributed by atoms with Crippen molar-refractivity contribution in [2.75, 3.05) is 4.72 Å². The van der Waals surface area contributed by atoms with Crippen LogP contribution in [0.4, 0.5) is 19.0 Å². The molecule has 1 aromatic heterocycles. The number of H-pyrrole nitrogens is 1. The molecule has 0 bridgehead atoms. The topological polar surface area (TPSA) is 74.8 Å². The molecule has 0 spiro atoms. The Kier molecular flexibility index (Phi) is 3.70. The van der Waals surface area contributed by atoms with Crippen molar-refractivity contribution in [1.29, 1.82) is 0 Å². The number of aromatic amines is 1. The van der Waals surface area contributed by atoms with E-state index in [0.717, 1.165) is 25.1 Å². The van der Waals surface area contributed by atoms with Gasteiger partial charge in [-0.2, -0.15) is 18.3 Å². The predicted octanol–water partition coefficient (Wildman–Crippen LogP) is 2.85. The maximum absolute atomic E-state index is 12.8. The molecular formula is C12H12F3N3O2S. The van der Waals surface area contributed by atoms with E-state index in [0.29, 0.717) is 5.56 Å². The second-order valence-corrected chi connectivity index (χ2v) is 6.11. The molecule has 114 valence electrons. The molecule has 2 N–H and O–H groups in total. The number of anilines is 1. The van der Waals surface area contributed by atoms with Crippen LogP contribution in [-0.4, -0.2) is 18.6 Å². The molecule has 0 radical (unpaired) electrons. The average Bonchev–Trinajstić information content (AvgIpc) is 2.73. The monoisotopic (exact) mass is 319 g/mol. The highest BCUT2D eigenvalue weighted by molar-refractivity contribution is 7.92. The van der Waals surface area contributed by atoms with E-state index < -0.39 is 26.7 Å². The number of hydrogen-bond donors (Lipinski definition) is 2. The van der Waals surface area contributed by atoms with Gasteiger partial charge in [0.05, 0.1) is 16.7 Å². The van der Waals surface area contributed by atoms with Crippen molar-refractivity contribution in [3.8, 4) is 0 Å². The normalized spacial score (nSPS) is 12.4. The number of halogens is 3. The summed E-state index contributed by atoms with van der Waals surface area (Å²) in [6, 6.07) is 3.03. The summed E-state index contributed by atoms with van der Waals surface area (Å²) >= 11 is 0. The minimum atomic E-state index is -4.61. The van der Waals surface area contributed by atoms with Crippen LogP contribution >= 0.6 is 0 Å². The lowest BCUT2D eigenvalue weighted by molar-refractivity contribution is -0.138. The fourth-order valence-corrected chi connectivity index (χ4v) is 3.21. The molecule has 0 saturated heterocycles. The van der Waals surface area contributed by atoms with E-state index >= 15 is 0 Å². The quantitative estimate of drug-likeness (QED) is 0.913. The van der Waals surface area contributed by atoms with Crippen LogP contribution in [0.3, 0.4) is 0 Å². The number of nitrogens with zero attached hydrogens (tertiary/aromatic N) is 1. The first kappa shape index (κ1) is 15.4. The summed E-state index contributed by atoms with van der Waals surface area (Å²) in [7, 11) is -4.14. The van der Waals surface area contributed by atoms with Gasteiger partial charge < -0.3 is 0 Å². The molecule has 0 aliphatic rings. The lowest BCUT2D eigenvalue weighted by atomic mass is 10.1. The number of alkyl halides is 3. The van der Waals surface area contributed by atoms with E-state index in [4.69, 9.17) is 0 Å². The number of benzene rings is 1. The maximum atomic E-state index is 12.8. The average molecular weight is 319 g/mol. The van der Waals surface area contributed by atoms with Gasteiger partial charge in [0.1, 0.15) is 5.82 Å². The molecule has 0 atom stereocenters. The summed E-state index contributed by atoms with van der Waals surface area (Å²) < 4.78 is 65.1. The van der Waals surface area contributed by atoms with Crippen molar-refractivity contribution < 1.29 is 21.6 Å². The summed E-state index contributed by atoms with van der Waals surface area (Å²) in [6.07, 6.45) is -3.21. The molecule has 21 heavy (non-hydrogen) atoms. The fraction of sp³-hybridized carbons (Fsp3) is 0.250. The van der Waals surface area contributed by atoms with E-state index in [1.807, 2.05) is 0 Å². The molecule has 0 fully saturated rings. The van der Waals surface area contributed by atoms with Gasteiger partial charge in [-0.1, -0.05) is 6.07 Å². The molecule has 0 unspecified atom stereocenters. The number of aromatic nitrogens is 2. The van der Waals surface area contributed by atoms with Crippen LogP contribution in [0.5, 0.6) is 0 Å². The molecule has 0 amide bonds. The highest BCUT2D eigenvalue weighted by Gasteiger charge is 2.34. The molecule has 2 aromatic rings. The Morgan fingerprint density at radius 1 is 1.24 bits per heavy atom. The number of aryl methyl sites for hydroxylation is 1. The van der Waals surface area contributed by atoms with Crippen LogP contribution in [0, 0.1) is 13.8 Å². The third-order valence-electron chi connectivity index (χ3n) is 2.94. The Morgan fingerprint density at radius 2 is 1.90 bits per heavy atom. The standard InChI is InChI=1S/C12H12F3N3O2S/c1-7-6-16-17-11(7)18-21(19,20)10-5-3-4-9(8(10)2)12(13,14)15/h3-6H,1-2H3,(H2,16,17,18). The minimum absolute atomic E-state index is 0.117. The zero-order valence-corrected chi connectivity index (χ0v) is 11.9. The third-order valence-corrected chi connectivity index (χ3v) is 4.44. The van der Waals surface area contributed by atoms with Crippen molar-refractivity contribution in [3.63, 3.8) is 0 Å². The van der Waals surface area contributed by atoms with Crippen LogP contribution in [0.15, 0.2) is 29.3 Å². The largest absolute Gasteiger partial charge is 0.416 e. The Bertz CT molecular complexity index is 766. The third kappa shape index (κ3) is 3.02. The van der Waals surface area contributed by atoms with Gasteiger partial charge in [0.2, 0.25) is 0 Å². The molecule has 0 aliphatic heterocycles. The molecule has 0 aliphatic carbocycles. The summed E-state index contributed by atoms with van der Waals surface area (Å²) in [5.41, 5.74) is -0.801. The zero-order valence-electron chi connectivity index (χ0n) is 11.1. The van der Waals surface area contributed by atoms with Crippen molar-refractivity contribution in [2.24, 2.45) is 0 Å². The predicted molar refractivity (Wildman–Crippen MR) is 70.3 cm³/mol. The summed E-state index contributed by atoms with van der Waals surface area (Å²) in [4.78, 5) is -0.425. The van der Waals surface area contributed by atoms with Crippen LogP contribution in [-0.2, 0) is 16.2 Å². The Balaban J connectivity index is 2.49. The summed E-state index contributed by atoms with van der Waals surface area (Å²) in [5, 5.41) is 6.08. The van der Waals surface area contributed by atoms with E-state index in [9.17, 15) is 21.6 Å². The van der Waals surface area contributed by atoms with E-state index in [2.05, 4.69) is 14.9 Å². The first-order valence-electron chi connectivity index (χ1n) is 5.82. The van der Waals surface area contributed by atoms with Crippen LogP contribution in [0.25, 0.3) is 0 Å². The van der Waals surface area contributed by atoms with Gasteiger partial charge in [-0.25, -0.2) is 8.42 Å². The SMILES string of the molecule is Cc1cn[nH]c1NS(=O)(=O)c1cccc(C(F)(F)F)c1C. The van der Waals surface area contributed by atoms with E-state index in [-0.39, 0.29) is 11.4 Å². The minimum Gasteiger partial charge on any atom is -0.264 e. The molecule has 9 heteroatoms. The lowest BCUT2D eigenvalue weighted by Crippen LogP contribution is -2.17. The van der Waals surface area contributed by atoms with Gasteiger partial charge in [0.25, 0.3) is 10.0 Å². The van der Waals surface area contributed by atoms with Crippen molar-refractivity contribution in [2.45, 2.75) is 24.9 Å². The Labute approximate surface area is 119 Å². The Morgan fingerprint density at radius 3 is 2.43 bits per heavy atom. The van der Waals surface area contributed by atoms with Gasteiger partial charge in [0.15, 0.2) is 0 Å². The number of sulfonamides is 1. The van der Waals surface area contributed by atoms with Gasteiger partial charge in [-0.15, -0.1) is 0 Å². The van der Waals surface area contributed by atoms with E-state index in [1.165, 1.54) is 6.20 Å². The van der Waals surface area contributed by atoms with Crippen LogP contribution in [0.2, 0.25) is 0 Å². The zero-order chi connectivity index (χ0) is 15.8. The molecule has 0 saturated carbocycles. The van der Waals surface area contributed by atoms with Crippen molar-refractivity contribution >= 4 is 15.8 Å². The van der Waals surface area contributed by atoms with Crippen molar-refractivity contribution in [1.82, 2.24) is 10.2 Å². The smallest absolute Gasteiger partial charge is 0.264 e. The van der Waals surface area contributed by atoms with Gasteiger partial charge in [-0.05, 0) is 31.5 Å². The fourth-order valence-electron chi connectivity index (χ4n) is 1.85. The Hall–Kier alpha value is -2.03. The summed E-state index contributed by atoms with van der Waals surface area (Å²) in [6.45, 7) is 2.73. The highest BCUT2D eigenvalue weighted by atomic mass is 32.2. The second-order valence-electron chi connectivity index (χ2n) is 4.46. The van der Waals surface area contributed by atoms with Gasteiger partial charge in [0, 0.05) is 5.56 Å². The molecule has 1 aromatic carbocycles. The summed E-state index contributed by atoms with van der Waals surface area (Å²) in [5.74, 6) is 0.117. The van der Waals surface area contributed by atoms with Crippen LogP contribution in [0.1, 0.15) is 16.7 Å². The highest BCUT2D eigenvalue weighted by Crippen LogP contribution is 2.34. The van der Waals surface area contributed by atoms with Crippen molar-refractivity contribution in [3.05, 3.63) is 41.1 Å². The number of nitrogens with one attached hydrogen (secondary N) is 2. The van der Waals surface area contributed by atoms with Gasteiger partial charge >= 0.3 is 6.18 Å².